The Morgan fingerprint density at radius 3 is 2.52 bits per heavy atom. The molecule has 7 nitrogen and oxygen atoms in total. The highest BCUT2D eigenvalue weighted by Crippen LogP contribution is 2.25. The van der Waals surface area contributed by atoms with Crippen molar-refractivity contribution in [2.24, 2.45) is 5.14 Å². The Labute approximate surface area is 188 Å². The van der Waals surface area contributed by atoms with Gasteiger partial charge in [0.25, 0.3) is 0 Å². The minimum absolute atomic E-state index is 0.0438. The van der Waals surface area contributed by atoms with Gasteiger partial charge in [-0.2, -0.15) is 0 Å². The van der Waals surface area contributed by atoms with E-state index in [0.717, 1.165) is 27.5 Å². The molecule has 2 aromatic heterocycles. The summed E-state index contributed by atoms with van der Waals surface area (Å²) in [7, 11) is -3.72. The molecule has 0 saturated carbocycles. The first-order valence-electron chi connectivity index (χ1n) is 9.39. The van der Waals surface area contributed by atoms with E-state index >= 15 is 0 Å². The third-order valence-electron chi connectivity index (χ3n) is 4.77. The van der Waals surface area contributed by atoms with E-state index < -0.39 is 10.0 Å². The van der Waals surface area contributed by atoms with Crippen molar-refractivity contribution in [1.29, 1.82) is 0 Å². The number of imidazole rings is 1. The smallest absolute Gasteiger partial charge is 0.238 e. The number of primary sulfonamides is 1. The first-order valence-corrected chi connectivity index (χ1v) is 12.2. The molecule has 0 atom stereocenters. The number of hydrogen-bond donors (Lipinski definition) is 2. The number of carbonyl (C=O) groups is 1. The van der Waals surface area contributed by atoms with Crippen molar-refractivity contribution >= 4 is 43.8 Å². The van der Waals surface area contributed by atoms with Gasteiger partial charge in [0.1, 0.15) is 0 Å². The summed E-state index contributed by atoms with van der Waals surface area (Å²) in [4.78, 5) is 17.8. The van der Waals surface area contributed by atoms with E-state index in [-0.39, 0.29) is 10.8 Å². The van der Waals surface area contributed by atoms with Crippen LogP contribution < -0.4 is 10.5 Å². The first-order chi connectivity index (χ1) is 14.8. The van der Waals surface area contributed by atoms with Crippen LogP contribution in [0.15, 0.2) is 65.0 Å². The topological polar surface area (TPSA) is 107 Å². The second-order valence-electron chi connectivity index (χ2n) is 6.98. The summed E-state index contributed by atoms with van der Waals surface area (Å²) >= 11 is 7.48. The number of aryl methyl sites for hydroxylation is 1. The Kier molecular flexibility index (Phi) is 6.10. The number of fused-ring (bicyclic) bond motifs is 1. The molecule has 2 aromatic carbocycles. The molecule has 31 heavy (non-hydrogen) atoms. The number of benzene rings is 2. The molecule has 0 radical (unpaired) electrons. The van der Waals surface area contributed by atoms with Gasteiger partial charge in [0.2, 0.25) is 15.9 Å². The van der Waals surface area contributed by atoms with Gasteiger partial charge in [-0.1, -0.05) is 35.9 Å². The monoisotopic (exact) mass is 474 g/mol. The number of carbonyl (C=O) groups excluding carboxylic acids is 1. The zero-order chi connectivity index (χ0) is 22.0. The van der Waals surface area contributed by atoms with Crippen LogP contribution in [0.5, 0.6) is 0 Å². The summed E-state index contributed by atoms with van der Waals surface area (Å²) in [5.74, 6) is -0.0899. The van der Waals surface area contributed by atoms with E-state index in [9.17, 15) is 13.2 Å². The zero-order valence-electron chi connectivity index (χ0n) is 16.3. The molecule has 4 aromatic rings. The third-order valence-corrected chi connectivity index (χ3v) is 6.84. The minimum atomic E-state index is -3.72. The highest BCUT2D eigenvalue weighted by molar-refractivity contribution is 7.89. The van der Waals surface area contributed by atoms with Gasteiger partial charge in [-0.05, 0) is 36.2 Å². The van der Waals surface area contributed by atoms with Crippen molar-refractivity contribution in [2.75, 3.05) is 0 Å². The number of nitrogens with one attached hydrogen (secondary N) is 1. The normalized spacial score (nSPS) is 11.7. The number of nitrogens with two attached hydrogens (primary N) is 1. The largest absolute Gasteiger partial charge is 0.352 e. The molecule has 0 aliphatic carbocycles. The quantitative estimate of drug-likeness (QED) is 0.426. The maximum atomic E-state index is 12.3. The lowest BCUT2D eigenvalue weighted by Gasteiger charge is -2.06. The van der Waals surface area contributed by atoms with Gasteiger partial charge in [0.05, 0.1) is 10.6 Å². The van der Waals surface area contributed by atoms with E-state index in [1.807, 2.05) is 40.2 Å². The summed E-state index contributed by atoms with van der Waals surface area (Å²) in [6, 6.07) is 13.6. The molecule has 0 saturated heterocycles. The second kappa shape index (κ2) is 8.80. The van der Waals surface area contributed by atoms with Crippen molar-refractivity contribution in [3.05, 3.63) is 76.4 Å². The SMILES string of the molecule is NS(=O)(=O)c1ccc(CNC(=O)CCc2csc3nc(-c4ccc(Cl)cc4)cn23)cc1. The van der Waals surface area contributed by atoms with Gasteiger partial charge >= 0.3 is 0 Å². The molecule has 2 heterocycles. The number of rotatable bonds is 7. The molecule has 1 amide bonds. The molecule has 4 rings (SSSR count). The maximum absolute atomic E-state index is 12.3. The van der Waals surface area contributed by atoms with Crippen LogP contribution >= 0.6 is 22.9 Å². The fraction of sp³-hybridized carbons (Fsp3) is 0.143. The molecule has 160 valence electrons. The molecule has 0 unspecified atom stereocenters. The van der Waals surface area contributed by atoms with Crippen molar-refractivity contribution < 1.29 is 13.2 Å². The second-order valence-corrected chi connectivity index (χ2v) is 9.81. The Bertz CT molecular complexity index is 1330. The first kappa shape index (κ1) is 21.5. The fourth-order valence-electron chi connectivity index (χ4n) is 3.10. The Balaban J connectivity index is 1.35. The summed E-state index contributed by atoms with van der Waals surface area (Å²) in [5, 5.41) is 10.6. The van der Waals surface area contributed by atoms with E-state index in [0.29, 0.717) is 24.4 Å². The minimum Gasteiger partial charge on any atom is -0.352 e. The molecule has 0 aliphatic heterocycles. The van der Waals surface area contributed by atoms with Gasteiger partial charge in [0.15, 0.2) is 4.96 Å². The highest BCUT2D eigenvalue weighted by atomic mass is 35.5. The van der Waals surface area contributed by atoms with E-state index in [4.69, 9.17) is 16.7 Å². The van der Waals surface area contributed by atoms with Crippen molar-refractivity contribution in [2.45, 2.75) is 24.3 Å². The predicted molar refractivity (Wildman–Crippen MR) is 121 cm³/mol. The lowest BCUT2D eigenvalue weighted by Crippen LogP contribution is -2.23. The molecule has 0 spiro atoms. The van der Waals surface area contributed by atoms with Gasteiger partial charge < -0.3 is 5.32 Å². The Morgan fingerprint density at radius 2 is 1.84 bits per heavy atom. The molecule has 0 fully saturated rings. The fourth-order valence-corrected chi connectivity index (χ4v) is 4.65. The van der Waals surface area contributed by atoms with Crippen molar-refractivity contribution in [3.8, 4) is 11.3 Å². The molecular formula is C21H19ClN4O3S2. The summed E-state index contributed by atoms with van der Waals surface area (Å²) in [5.41, 5.74) is 3.65. The third kappa shape index (κ3) is 5.13. The van der Waals surface area contributed by atoms with E-state index in [2.05, 4.69) is 10.3 Å². The number of amides is 1. The summed E-state index contributed by atoms with van der Waals surface area (Å²) in [6.07, 6.45) is 2.87. The van der Waals surface area contributed by atoms with Crippen LogP contribution in [0.25, 0.3) is 16.2 Å². The Morgan fingerprint density at radius 1 is 1.13 bits per heavy atom. The van der Waals surface area contributed by atoms with Crippen LogP contribution in [0.4, 0.5) is 0 Å². The predicted octanol–water partition coefficient (Wildman–Crippen LogP) is 3.61. The summed E-state index contributed by atoms with van der Waals surface area (Å²) < 4.78 is 24.6. The van der Waals surface area contributed by atoms with Crippen LogP contribution in [0.3, 0.4) is 0 Å². The lowest BCUT2D eigenvalue weighted by atomic mass is 10.2. The van der Waals surface area contributed by atoms with Crippen LogP contribution in [-0.2, 0) is 27.8 Å². The van der Waals surface area contributed by atoms with Gasteiger partial charge in [-0.25, -0.2) is 18.5 Å². The van der Waals surface area contributed by atoms with E-state index in [1.54, 1.807) is 12.1 Å². The maximum Gasteiger partial charge on any atom is 0.238 e. The number of aromatic nitrogens is 2. The zero-order valence-corrected chi connectivity index (χ0v) is 18.7. The molecule has 0 bridgehead atoms. The highest BCUT2D eigenvalue weighted by Gasteiger charge is 2.12. The van der Waals surface area contributed by atoms with Crippen LogP contribution in [-0.4, -0.2) is 23.7 Å². The van der Waals surface area contributed by atoms with Crippen LogP contribution in [0.1, 0.15) is 17.7 Å². The molecule has 10 heteroatoms. The number of sulfonamides is 1. The standard InChI is InChI=1S/C21H19ClN4O3S2/c22-16-5-3-15(4-6-16)19-12-26-17(13-30-21(26)25-19)7-10-20(27)24-11-14-1-8-18(9-2-14)31(23,28)29/h1-6,8-9,12-13H,7,10-11H2,(H,24,27)(H2,23,28,29). The van der Waals surface area contributed by atoms with Gasteiger partial charge in [-0.3, -0.25) is 9.20 Å². The van der Waals surface area contributed by atoms with Crippen LogP contribution in [0, 0.1) is 0 Å². The van der Waals surface area contributed by atoms with Gasteiger partial charge in [-0.15, -0.1) is 11.3 Å². The van der Waals surface area contributed by atoms with Crippen molar-refractivity contribution in [3.63, 3.8) is 0 Å². The number of thiazole rings is 1. The lowest BCUT2D eigenvalue weighted by molar-refractivity contribution is -0.121. The van der Waals surface area contributed by atoms with E-state index in [1.165, 1.54) is 23.5 Å². The Hall–Kier alpha value is -2.72. The number of nitrogens with zero attached hydrogens (tertiary/aromatic N) is 2. The van der Waals surface area contributed by atoms with Crippen molar-refractivity contribution in [1.82, 2.24) is 14.7 Å². The molecule has 3 N–H and O–H groups in total. The van der Waals surface area contributed by atoms with Crippen LogP contribution in [0.2, 0.25) is 5.02 Å². The average Bonchev–Trinajstić information content (AvgIpc) is 3.32. The van der Waals surface area contributed by atoms with Gasteiger partial charge in [0, 0.05) is 40.8 Å². The number of halogens is 1. The average molecular weight is 475 g/mol. The number of hydrogen-bond acceptors (Lipinski definition) is 5. The summed E-state index contributed by atoms with van der Waals surface area (Å²) in [6.45, 7) is 0.314. The molecular weight excluding hydrogens is 456 g/mol. The molecule has 0 aliphatic rings.